The molecule has 4 aromatic rings. The number of esters is 1. The van der Waals surface area contributed by atoms with Crippen LogP contribution in [0.5, 0.6) is 5.75 Å². The first-order valence-electron chi connectivity index (χ1n) is 9.34. The second-order valence-corrected chi connectivity index (χ2v) is 6.67. The maximum Gasteiger partial charge on any atom is 0.313 e. The molecule has 28 heavy (non-hydrogen) atoms. The third-order valence-corrected chi connectivity index (χ3v) is 4.98. The molecule has 0 saturated carbocycles. The average Bonchev–Trinajstić information content (AvgIpc) is 3.11. The highest BCUT2D eigenvalue weighted by atomic mass is 16.5. The van der Waals surface area contributed by atoms with Gasteiger partial charge in [-0.15, -0.1) is 0 Å². The molecule has 0 aliphatic rings. The van der Waals surface area contributed by atoms with Gasteiger partial charge in [0.05, 0.1) is 30.7 Å². The Kier molecular flexibility index (Phi) is 4.74. The number of hydrogen-bond donors (Lipinski definition) is 0. The summed E-state index contributed by atoms with van der Waals surface area (Å²) in [5.74, 6) is 0.914. The fourth-order valence-corrected chi connectivity index (χ4v) is 3.48. The fraction of sp³-hybridized carbons (Fsp3) is 0.217. The molecule has 0 radical (unpaired) electrons. The Morgan fingerprint density at radius 1 is 1.14 bits per heavy atom. The number of hydrogen-bond acceptors (Lipinski definition) is 4. The smallest absolute Gasteiger partial charge is 0.313 e. The van der Waals surface area contributed by atoms with E-state index in [0.29, 0.717) is 6.61 Å². The number of ether oxygens (including phenoxy) is 2. The number of para-hydroxylation sites is 1. The first-order valence-corrected chi connectivity index (χ1v) is 9.34. The number of methoxy groups -OCH3 is 1. The van der Waals surface area contributed by atoms with Crippen LogP contribution in [0.4, 0.5) is 0 Å². The molecule has 0 fully saturated rings. The summed E-state index contributed by atoms with van der Waals surface area (Å²) in [6.45, 7) is 4.04. The van der Waals surface area contributed by atoms with Crippen molar-refractivity contribution in [2.45, 2.75) is 19.8 Å². The fourth-order valence-electron chi connectivity index (χ4n) is 3.48. The normalized spacial score (nSPS) is 12.2. The lowest BCUT2D eigenvalue weighted by Crippen LogP contribution is -2.12. The van der Waals surface area contributed by atoms with Gasteiger partial charge >= 0.3 is 5.97 Å². The molecule has 0 bridgehead atoms. The average molecular weight is 374 g/mol. The van der Waals surface area contributed by atoms with Crippen molar-refractivity contribution < 1.29 is 14.3 Å². The summed E-state index contributed by atoms with van der Waals surface area (Å²) in [6.07, 6.45) is 1.98. The Morgan fingerprint density at radius 2 is 1.96 bits per heavy atom. The quantitative estimate of drug-likeness (QED) is 0.469. The highest BCUT2D eigenvalue weighted by molar-refractivity contribution is 5.92. The standard InChI is InChI=1S/C23H22N2O3/c1-4-28-23(26)15(2)19-14-25(21-11-10-17(27-3)13-18(19)21)22-12-9-16-7-5-6-8-20(16)24-22/h5-15H,4H2,1-3H3. The van der Waals surface area contributed by atoms with E-state index in [-0.39, 0.29) is 5.97 Å². The van der Waals surface area contributed by atoms with Gasteiger partial charge in [0.2, 0.25) is 0 Å². The van der Waals surface area contributed by atoms with Crippen LogP contribution in [0.1, 0.15) is 25.3 Å². The molecule has 2 heterocycles. The molecule has 5 heteroatoms. The van der Waals surface area contributed by atoms with Gasteiger partial charge in [-0.05, 0) is 55.8 Å². The topological polar surface area (TPSA) is 53.4 Å². The molecule has 1 unspecified atom stereocenters. The molecular formula is C23H22N2O3. The first-order chi connectivity index (χ1) is 13.6. The zero-order chi connectivity index (χ0) is 19.7. The monoisotopic (exact) mass is 374 g/mol. The Bertz CT molecular complexity index is 1160. The predicted octanol–water partition coefficient (Wildman–Crippen LogP) is 4.85. The van der Waals surface area contributed by atoms with E-state index in [1.807, 2.05) is 73.1 Å². The minimum absolute atomic E-state index is 0.240. The molecule has 0 aliphatic carbocycles. The molecule has 0 spiro atoms. The Labute approximate surface area is 163 Å². The lowest BCUT2D eigenvalue weighted by Gasteiger charge is -2.09. The van der Waals surface area contributed by atoms with E-state index in [1.165, 1.54) is 0 Å². The van der Waals surface area contributed by atoms with Crippen LogP contribution in [0.2, 0.25) is 0 Å². The maximum absolute atomic E-state index is 12.4. The van der Waals surface area contributed by atoms with Crippen molar-refractivity contribution in [1.82, 2.24) is 9.55 Å². The Hall–Kier alpha value is -3.34. The van der Waals surface area contributed by atoms with E-state index in [2.05, 4.69) is 6.07 Å². The van der Waals surface area contributed by atoms with Gasteiger partial charge in [0.15, 0.2) is 0 Å². The van der Waals surface area contributed by atoms with Crippen molar-refractivity contribution in [1.29, 1.82) is 0 Å². The third-order valence-electron chi connectivity index (χ3n) is 4.98. The largest absolute Gasteiger partial charge is 0.497 e. The van der Waals surface area contributed by atoms with Gasteiger partial charge in [0.1, 0.15) is 11.6 Å². The Balaban J connectivity index is 1.91. The second kappa shape index (κ2) is 7.35. The van der Waals surface area contributed by atoms with Crippen molar-refractivity contribution in [3.8, 4) is 11.6 Å². The molecule has 2 aromatic heterocycles. The second-order valence-electron chi connectivity index (χ2n) is 6.67. The summed E-state index contributed by atoms with van der Waals surface area (Å²) in [4.78, 5) is 17.2. The van der Waals surface area contributed by atoms with E-state index in [0.717, 1.165) is 38.9 Å². The zero-order valence-corrected chi connectivity index (χ0v) is 16.2. The number of benzene rings is 2. The van der Waals surface area contributed by atoms with Gasteiger partial charge in [-0.25, -0.2) is 4.98 Å². The molecule has 0 N–H and O–H groups in total. The zero-order valence-electron chi connectivity index (χ0n) is 16.2. The summed E-state index contributed by atoms with van der Waals surface area (Å²) >= 11 is 0. The number of pyridine rings is 1. The Morgan fingerprint density at radius 3 is 2.75 bits per heavy atom. The highest BCUT2D eigenvalue weighted by Crippen LogP contribution is 2.33. The molecule has 0 amide bonds. The number of rotatable bonds is 5. The van der Waals surface area contributed by atoms with E-state index < -0.39 is 5.92 Å². The highest BCUT2D eigenvalue weighted by Gasteiger charge is 2.22. The number of carbonyl (C=O) groups is 1. The summed E-state index contributed by atoms with van der Waals surface area (Å²) in [6, 6.07) is 17.9. The SMILES string of the molecule is CCOC(=O)C(C)c1cn(-c2ccc3ccccc3n2)c2ccc(OC)cc12. The number of fused-ring (bicyclic) bond motifs is 2. The lowest BCUT2D eigenvalue weighted by atomic mass is 10.0. The first kappa shape index (κ1) is 18.0. The minimum atomic E-state index is -0.392. The van der Waals surface area contributed by atoms with Gasteiger partial charge in [0.25, 0.3) is 0 Å². The minimum Gasteiger partial charge on any atom is -0.497 e. The summed E-state index contributed by atoms with van der Waals surface area (Å²) in [7, 11) is 1.64. The maximum atomic E-state index is 12.4. The van der Waals surface area contributed by atoms with Crippen LogP contribution in [-0.2, 0) is 9.53 Å². The number of nitrogens with zero attached hydrogens (tertiary/aromatic N) is 2. The summed E-state index contributed by atoms with van der Waals surface area (Å²) in [5, 5.41) is 2.04. The van der Waals surface area contributed by atoms with E-state index in [1.54, 1.807) is 7.11 Å². The van der Waals surface area contributed by atoms with Crippen LogP contribution in [-0.4, -0.2) is 29.2 Å². The molecule has 5 nitrogen and oxygen atoms in total. The number of carbonyl (C=O) groups excluding carboxylic acids is 1. The molecule has 142 valence electrons. The van der Waals surface area contributed by atoms with Crippen LogP contribution in [0, 0.1) is 0 Å². The van der Waals surface area contributed by atoms with Gasteiger partial charge in [-0.3, -0.25) is 4.79 Å². The summed E-state index contributed by atoms with van der Waals surface area (Å²) in [5.41, 5.74) is 2.78. The molecular weight excluding hydrogens is 352 g/mol. The van der Waals surface area contributed by atoms with Crippen molar-refractivity contribution in [2.24, 2.45) is 0 Å². The van der Waals surface area contributed by atoms with Gasteiger partial charge in [-0.2, -0.15) is 0 Å². The third kappa shape index (κ3) is 3.09. The van der Waals surface area contributed by atoms with Crippen LogP contribution in [0.25, 0.3) is 27.6 Å². The lowest BCUT2D eigenvalue weighted by molar-refractivity contribution is -0.144. The molecule has 2 aromatic carbocycles. The van der Waals surface area contributed by atoms with Gasteiger partial charge < -0.3 is 14.0 Å². The van der Waals surface area contributed by atoms with Crippen molar-refractivity contribution in [3.63, 3.8) is 0 Å². The molecule has 0 aliphatic heterocycles. The van der Waals surface area contributed by atoms with Crippen LogP contribution in [0.3, 0.4) is 0 Å². The predicted molar refractivity (Wildman–Crippen MR) is 110 cm³/mol. The molecule has 0 saturated heterocycles. The van der Waals surface area contributed by atoms with Crippen LogP contribution in [0.15, 0.2) is 60.8 Å². The summed E-state index contributed by atoms with van der Waals surface area (Å²) < 4.78 is 12.7. The number of aromatic nitrogens is 2. The van der Waals surface area contributed by atoms with E-state index in [4.69, 9.17) is 14.5 Å². The molecule has 1 atom stereocenters. The van der Waals surface area contributed by atoms with E-state index in [9.17, 15) is 4.79 Å². The van der Waals surface area contributed by atoms with Gasteiger partial charge in [0, 0.05) is 17.0 Å². The van der Waals surface area contributed by atoms with Gasteiger partial charge in [-0.1, -0.05) is 18.2 Å². The van der Waals surface area contributed by atoms with Crippen LogP contribution < -0.4 is 4.74 Å². The molecule has 4 rings (SSSR count). The van der Waals surface area contributed by atoms with Crippen molar-refractivity contribution >= 4 is 27.8 Å². The van der Waals surface area contributed by atoms with Crippen LogP contribution >= 0.6 is 0 Å². The van der Waals surface area contributed by atoms with Crippen molar-refractivity contribution in [3.05, 3.63) is 66.4 Å². The van der Waals surface area contributed by atoms with Crippen molar-refractivity contribution in [2.75, 3.05) is 13.7 Å². The van der Waals surface area contributed by atoms with E-state index >= 15 is 0 Å².